The molecule has 0 aliphatic rings. The molecular formula is C20H22N6O2. The van der Waals surface area contributed by atoms with Gasteiger partial charge in [0.05, 0.1) is 0 Å². The van der Waals surface area contributed by atoms with Gasteiger partial charge >= 0.3 is 0 Å². The molecule has 0 radical (unpaired) electrons. The highest BCUT2D eigenvalue weighted by Gasteiger charge is 2.14. The van der Waals surface area contributed by atoms with Crippen molar-refractivity contribution < 1.29 is 9.59 Å². The molecule has 2 amide bonds. The van der Waals surface area contributed by atoms with E-state index < -0.39 is 5.91 Å². The van der Waals surface area contributed by atoms with Crippen LogP contribution in [0.5, 0.6) is 0 Å². The van der Waals surface area contributed by atoms with Gasteiger partial charge in [0.25, 0.3) is 0 Å². The van der Waals surface area contributed by atoms with Crippen molar-refractivity contribution in [3.8, 4) is 11.4 Å². The van der Waals surface area contributed by atoms with E-state index in [2.05, 4.69) is 34.6 Å². The molecule has 0 saturated carbocycles. The summed E-state index contributed by atoms with van der Waals surface area (Å²) >= 11 is 0. The second-order valence-electron chi connectivity index (χ2n) is 6.83. The lowest BCUT2D eigenvalue weighted by Gasteiger charge is -2.16. The Balaban J connectivity index is 1.72. The van der Waals surface area contributed by atoms with Gasteiger partial charge in [-0.25, -0.2) is 0 Å². The number of carbonyl (C=O) groups is 2. The largest absolute Gasteiger partial charge is 0.366 e. The number of para-hydroxylation sites is 1. The zero-order chi connectivity index (χ0) is 20.3. The van der Waals surface area contributed by atoms with E-state index in [-0.39, 0.29) is 18.4 Å². The Hall–Kier alpha value is -3.55. The number of carbonyl (C=O) groups excluding carboxylic acids is 2. The van der Waals surface area contributed by atoms with Crippen LogP contribution < -0.4 is 11.1 Å². The van der Waals surface area contributed by atoms with Gasteiger partial charge in [0.15, 0.2) is 0 Å². The third-order valence-electron chi connectivity index (χ3n) is 4.36. The maximum absolute atomic E-state index is 12.5. The van der Waals surface area contributed by atoms with Gasteiger partial charge in [0.2, 0.25) is 17.6 Å². The fraction of sp³-hybridized carbons (Fsp3) is 0.250. The van der Waals surface area contributed by atoms with Crippen molar-refractivity contribution in [2.24, 2.45) is 5.73 Å². The van der Waals surface area contributed by atoms with E-state index in [1.165, 1.54) is 4.80 Å². The maximum Gasteiger partial charge on any atom is 0.248 e. The molecule has 28 heavy (non-hydrogen) atoms. The van der Waals surface area contributed by atoms with Crippen molar-refractivity contribution in [2.45, 2.75) is 33.2 Å². The summed E-state index contributed by atoms with van der Waals surface area (Å²) in [5.41, 5.74) is 9.21. The Morgan fingerprint density at radius 2 is 1.86 bits per heavy atom. The number of aromatic nitrogens is 4. The van der Waals surface area contributed by atoms with Gasteiger partial charge in [-0.15, -0.1) is 10.2 Å². The van der Waals surface area contributed by atoms with E-state index in [9.17, 15) is 9.59 Å². The molecule has 0 atom stereocenters. The lowest BCUT2D eigenvalue weighted by molar-refractivity contribution is -0.117. The molecule has 1 aromatic heterocycles. The third-order valence-corrected chi connectivity index (χ3v) is 4.36. The second-order valence-corrected chi connectivity index (χ2v) is 6.83. The Morgan fingerprint density at radius 3 is 2.50 bits per heavy atom. The van der Waals surface area contributed by atoms with Gasteiger partial charge in [0, 0.05) is 16.8 Å². The number of primary amides is 1. The van der Waals surface area contributed by atoms with Crippen LogP contribution in [0.25, 0.3) is 11.4 Å². The number of aryl methyl sites for hydroxylation is 1. The average Bonchev–Trinajstić information content (AvgIpc) is 3.11. The lowest BCUT2D eigenvalue weighted by atomic mass is 9.98. The topological polar surface area (TPSA) is 116 Å². The first-order valence-electron chi connectivity index (χ1n) is 8.92. The molecule has 0 fully saturated rings. The van der Waals surface area contributed by atoms with Crippen molar-refractivity contribution >= 4 is 17.5 Å². The van der Waals surface area contributed by atoms with Gasteiger partial charge in [-0.3, -0.25) is 9.59 Å². The van der Waals surface area contributed by atoms with Crippen LogP contribution in [0.4, 0.5) is 5.69 Å². The minimum absolute atomic E-state index is 0.0573. The molecule has 0 aliphatic heterocycles. The number of benzene rings is 2. The number of amides is 2. The molecule has 0 aliphatic carbocycles. The summed E-state index contributed by atoms with van der Waals surface area (Å²) in [6.45, 7) is 6.07. The van der Waals surface area contributed by atoms with E-state index in [1.54, 1.807) is 24.3 Å². The average molecular weight is 378 g/mol. The minimum Gasteiger partial charge on any atom is -0.366 e. The van der Waals surface area contributed by atoms with Crippen LogP contribution in [0.1, 0.15) is 41.3 Å². The Bertz CT molecular complexity index is 1010. The van der Waals surface area contributed by atoms with Crippen LogP contribution in [0.3, 0.4) is 0 Å². The zero-order valence-corrected chi connectivity index (χ0v) is 16.0. The Labute approximate surface area is 162 Å². The van der Waals surface area contributed by atoms with Crippen molar-refractivity contribution in [2.75, 3.05) is 5.32 Å². The fourth-order valence-corrected chi connectivity index (χ4v) is 2.86. The standard InChI is InChI=1S/C20H22N6O2/c1-12(2)16-6-4-5-13(3)18(16)22-17(27)11-26-24-20(23-25-26)15-9-7-14(8-10-15)19(21)28/h4-10,12H,11H2,1-3H3,(H2,21,28)(H,22,27). The first kappa shape index (κ1) is 19.2. The van der Waals surface area contributed by atoms with Gasteiger partial charge in [-0.1, -0.05) is 44.2 Å². The van der Waals surface area contributed by atoms with Crippen LogP contribution in [-0.2, 0) is 11.3 Å². The summed E-state index contributed by atoms with van der Waals surface area (Å²) < 4.78 is 0. The van der Waals surface area contributed by atoms with Crippen molar-refractivity contribution in [3.05, 3.63) is 59.2 Å². The second kappa shape index (κ2) is 7.99. The Kier molecular flexibility index (Phi) is 5.49. The molecular weight excluding hydrogens is 356 g/mol. The number of nitrogens with two attached hydrogens (primary N) is 1. The van der Waals surface area contributed by atoms with Gasteiger partial charge in [-0.2, -0.15) is 4.80 Å². The number of nitrogens with zero attached hydrogens (tertiary/aromatic N) is 4. The van der Waals surface area contributed by atoms with Crippen LogP contribution >= 0.6 is 0 Å². The fourth-order valence-electron chi connectivity index (χ4n) is 2.86. The highest BCUT2D eigenvalue weighted by Crippen LogP contribution is 2.27. The van der Waals surface area contributed by atoms with Crippen LogP contribution in [0.15, 0.2) is 42.5 Å². The molecule has 0 spiro atoms. The van der Waals surface area contributed by atoms with E-state index in [0.29, 0.717) is 17.0 Å². The van der Waals surface area contributed by atoms with E-state index >= 15 is 0 Å². The molecule has 0 bridgehead atoms. The minimum atomic E-state index is -0.503. The number of anilines is 1. The SMILES string of the molecule is Cc1cccc(C(C)C)c1NC(=O)Cn1nnc(-c2ccc(C(N)=O)cc2)n1. The predicted molar refractivity (Wildman–Crippen MR) is 106 cm³/mol. The smallest absolute Gasteiger partial charge is 0.248 e. The molecule has 144 valence electrons. The summed E-state index contributed by atoms with van der Waals surface area (Å²) in [5.74, 6) is -0.0849. The predicted octanol–water partition coefficient (Wildman–Crippen LogP) is 2.51. The number of hydrogen-bond acceptors (Lipinski definition) is 5. The first-order valence-corrected chi connectivity index (χ1v) is 8.92. The number of tetrazole rings is 1. The van der Waals surface area contributed by atoms with E-state index in [0.717, 1.165) is 16.8 Å². The van der Waals surface area contributed by atoms with Crippen molar-refractivity contribution in [3.63, 3.8) is 0 Å². The maximum atomic E-state index is 12.5. The molecule has 0 saturated heterocycles. The monoisotopic (exact) mass is 378 g/mol. The van der Waals surface area contributed by atoms with Crippen molar-refractivity contribution in [1.82, 2.24) is 20.2 Å². The third kappa shape index (κ3) is 4.22. The molecule has 3 aromatic rings. The highest BCUT2D eigenvalue weighted by molar-refractivity contribution is 5.93. The van der Waals surface area contributed by atoms with E-state index in [4.69, 9.17) is 5.73 Å². The summed E-state index contributed by atoms with van der Waals surface area (Å²) in [6, 6.07) is 12.5. The molecule has 8 heteroatoms. The highest BCUT2D eigenvalue weighted by atomic mass is 16.2. The number of nitrogens with one attached hydrogen (secondary N) is 1. The Morgan fingerprint density at radius 1 is 1.14 bits per heavy atom. The van der Waals surface area contributed by atoms with Gasteiger partial charge in [-0.05, 0) is 41.3 Å². The number of rotatable bonds is 6. The van der Waals surface area contributed by atoms with Crippen LogP contribution in [0, 0.1) is 6.92 Å². The normalized spacial score (nSPS) is 10.9. The molecule has 2 aromatic carbocycles. The van der Waals surface area contributed by atoms with Crippen molar-refractivity contribution in [1.29, 1.82) is 0 Å². The molecule has 3 N–H and O–H groups in total. The van der Waals surface area contributed by atoms with Crippen LogP contribution in [-0.4, -0.2) is 32.0 Å². The van der Waals surface area contributed by atoms with Gasteiger partial charge < -0.3 is 11.1 Å². The first-order chi connectivity index (χ1) is 13.3. The van der Waals surface area contributed by atoms with Crippen LogP contribution in [0.2, 0.25) is 0 Å². The van der Waals surface area contributed by atoms with Gasteiger partial charge in [0.1, 0.15) is 6.54 Å². The zero-order valence-electron chi connectivity index (χ0n) is 16.0. The quantitative estimate of drug-likeness (QED) is 0.684. The number of hydrogen-bond donors (Lipinski definition) is 2. The molecule has 1 heterocycles. The molecule has 0 unspecified atom stereocenters. The molecule has 8 nitrogen and oxygen atoms in total. The summed E-state index contributed by atoms with van der Waals surface area (Å²) in [5, 5.41) is 15.1. The molecule has 3 rings (SSSR count). The summed E-state index contributed by atoms with van der Waals surface area (Å²) in [7, 11) is 0. The summed E-state index contributed by atoms with van der Waals surface area (Å²) in [6.07, 6.45) is 0. The lowest BCUT2D eigenvalue weighted by Crippen LogP contribution is -2.22. The summed E-state index contributed by atoms with van der Waals surface area (Å²) in [4.78, 5) is 24.9. The van der Waals surface area contributed by atoms with E-state index in [1.807, 2.05) is 25.1 Å².